The summed E-state index contributed by atoms with van der Waals surface area (Å²) in [5.74, 6) is -1.39. The third-order valence-corrected chi connectivity index (χ3v) is 4.46. The van der Waals surface area contributed by atoms with Crippen LogP contribution in [0.5, 0.6) is 0 Å². The summed E-state index contributed by atoms with van der Waals surface area (Å²) >= 11 is 0. The third-order valence-electron chi connectivity index (χ3n) is 4.46. The smallest absolute Gasteiger partial charge is 0.267 e. The molecule has 1 atom stereocenters. The number of primary amides is 2. The highest BCUT2D eigenvalue weighted by atomic mass is 16.2. The minimum atomic E-state index is -0.938. The fourth-order valence-corrected chi connectivity index (χ4v) is 3.01. The topological polar surface area (TPSA) is 174 Å². The Morgan fingerprint density at radius 2 is 1.90 bits per heavy atom. The number of amides is 2. The van der Waals surface area contributed by atoms with E-state index < -0.39 is 23.4 Å². The van der Waals surface area contributed by atoms with Crippen LogP contribution in [0.1, 0.15) is 30.6 Å². The number of imidazole rings is 1. The molecule has 11 nitrogen and oxygen atoms in total. The average molecular weight is 424 g/mol. The zero-order chi connectivity index (χ0) is 22.5. The van der Waals surface area contributed by atoms with E-state index in [0.29, 0.717) is 12.1 Å². The first-order chi connectivity index (χ1) is 14.7. The second kappa shape index (κ2) is 9.11. The van der Waals surface area contributed by atoms with E-state index in [1.807, 2.05) is 30.5 Å². The van der Waals surface area contributed by atoms with Crippen LogP contribution in [-0.4, -0.2) is 37.4 Å². The predicted octanol–water partition coefficient (Wildman–Crippen LogP) is 1.11. The van der Waals surface area contributed by atoms with Gasteiger partial charge in [-0.25, -0.2) is 4.98 Å². The van der Waals surface area contributed by atoms with Crippen LogP contribution in [0.25, 0.3) is 5.69 Å². The Bertz CT molecular complexity index is 1120. The van der Waals surface area contributed by atoms with Gasteiger partial charge in [0, 0.05) is 23.8 Å². The number of H-pyrrole nitrogens is 1. The monoisotopic (exact) mass is 424 g/mol. The van der Waals surface area contributed by atoms with E-state index in [4.69, 9.17) is 11.5 Å². The molecule has 0 saturated heterocycles. The molecule has 3 rings (SSSR count). The van der Waals surface area contributed by atoms with Crippen LogP contribution >= 0.6 is 0 Å². The van der Waals surface area contributed by atoms with Crippen molar-refractivity contribution in [3.8, 4) is 5.69 Å². The molecule has 2 aromatic heterocycles. The highest BCUT2D eigenvalue weighted by molar-refractivity contribution is 5.98. The van der Waals surface area contributed by atoms with Crippen molar-refractivity contribution in [2.75, 3.05) is 10.6 Å². The maximum atomic E-state index is 12.5. The van der Waals surface area contributed by atoms with Gasteiger partial charge in [-0.3, -0.25) is 19.4 Å². The largest absolute Gasteiger partial charge is 0.368 e. The van der Waals surface area contributed by atoms with Gasteiger partial charge in [0.1, 0.15) is 11.6 Å². The van der Waals surface area contributed by atoms with Gasteiger partial charge in [-0.15, -0.1) is 0 Å². The number of carbonyl (C=O) groups excluding carboxylic acids is 2. The molecular formula is C20H24N8O3. The van der Waals surface area contributed by atoms with Crippen molar-refractivity contribution in [2.24, 2.45) is 17.4 Å². The van der Waals surface area contributed by atoms with Gasteiger partial charge in [0.05, 0.1) is 6.33 Å². The SMILES string of the molecule is CC(C)CC(Nc1nc(Nc2ccc(-n3ccnc3)cc2)c(C(N)=O)c(=O)[nH]1)C(N)=O. The third kappa shape index (κ3) is 5.26. The summed E-state index contributed by atoms with van der Waals surface area (Å²) < 4.78 is 1.82. The van der Waals surface area contributed by atoms with Crippen molar-refractivity contribution in [1.82, 2.24) is 19.5 Å². The minimum Gasteiger partial charge on any atom is -0.368 e. The van der Waals surface area contributed by atoms with E-state index >= 15 is 0 Å². The summed E-state index contributed by atoms with van der Waals surface area (Å²) in [5, 5.41) is 5.76. The van der Waals surface area contributed by atoms with Gasteiger partial charge in [-0.2, -0.15) is 4.98 Å². The van der Waals surface area contributed by atoms with E-state index in [9.17, 15) is 14.4 Å². The number of benzene rings is 1. The second-order valence-corrected chi connectivity index (χ2v) is 7.37. The number of hydrogen-bond acceptors (Lipinski definition) is 7. The zero-order valence-corrected chi connectivity index (χ0v) is 17.1. The van der Waals surface area contributed by atoms with Crippen LogP contribution in [-0.2, 0) is 4.79 Å². The van der Waals surface area contributed by atoms with Gasteiger partial charge in [0.15, 0.2) is 5.82 Å². The molecule has 31 heavy (non-hydrogen) atoms. The number of nitrogens with one attached hydrogen (secondary N) is 3. The maximum Gasteiger partial charge on any atom is 0.267 e. The number of nitrogens with two attached hydrogens (primary N) is 2. The van der Waals surface area contributed by atoms with E-state index in [1.165, 1.54) is 0 Å². The lowest BCUT2D eigenvalue weighted by molar-refractivity contribution is -0.119. The molecule has 11 heteroatoms. The average Bonchev–Trinajstić information content (AvgIpc) is 3.22. The van der Waals surface area contributed by atoms with Gasteiger partial charge in [0.25, 0.3) is 11.5 Å². The number of nitrogens with zero attached hydrogens (tertiary/aromatic N) is 3. The number of rotatable bonds is 9. The molecule has 0 saturated carbocycles. The highest BCUT2D eigenvalue weighted by Crippen LogP contribution is 2.20. The van der Waals surface area contributed by atoms with Gasteiger partial charge in [-0.1, -0.05) is 13.8 Å². The molecule has 0 aliphatic carbocycles. The Labute approximate surface area is 177 Å². The van der Waals surface area contributed by atoms with Crippen LogP contribution in [0.3, 0.4) is 0 Å². The molecule has 0 radical (unpaired) electrons. The Balaban J connectivity index is 1.91. The Morgan fingerprint density at radius 3 is 2.45 bits per heavy atom. The number of aromatic amines is 1. The minimum absolute atomic E-state index is 0.00279. The molecule has 3 aromatic rings. The summed E-state index contributed by atoms with van der Waals surface area (Å²) in [5.41, 5.74) is 11.2. The van der Waals surface area contributed by atoms with Gasteiger partial charge >= 0.3 is 0 Å². The standard InChI is InChI=1S/C20H24N8O3/c1-11(2)9-14(16(21)29)25-20-26-18(15(17(22)30)19(31)27-20)24-12-3-5-13(6-4-12)28-8-7-23-10-28/h3-8,10-11,14H,9H2,1-2H3,(H2,21,29)(H2,22,30)(H3,24,25,26,27,31). The van der Waals surface area contributed by atoms with Crippen LogP contribution in [0, 0.1) is 5.92 Å². The number of anilines is 3. The molecular weight excluding hydrogens is 400 g/mol. The van der Waals surface area contributed by atoms with Crippen LogP contribution in [0.2, 0.25) is 0 Å². The van der Waals surface area contributed by atoms with Gasteiger partial charge < -0.3 is 26.7 Å². The van der Waals surface area contributed by atoms with Crippen molar-refractivity contribution in [2.45, 2.75) is 26.3 Å². The fraction of sp³-hybridized carbons (Fsp3) is 0.250. The summed E-state index contributed by atoms with van der Waals surface area (Å²) in [6, 6.07) is 6.41. The lowest BCUT2D eigenvalue weighted by atomic mass is 10.0. The molecule has 0 fully saturated rings. The molecule has 0 aliphatic heterocycles. The summed E-state index contributed by atoms with van der Waals surface area (Å²) in [6.07, 6.45) is 5.57. The normalized spacial score (nSPS) is 11.8. The Morgan fingerprint density at radius 1 is 1.19 bits per heavy atom. The number of hydrogen-bond donors (Lipinski definition) is 5. The first kappa shape index (κ1) is 21.6. The summed E-state index contributed by atoms with van der Waals surface area (Å²) in [7, 11) is 0. The molecule has 1 unspecified atom stereocenters. The molecule has 0 aliphatic rings. The first-order valence-corrected chi connectivity index (χ1v) is 9.60. The Kier molecular flexibility index (Phi) is 6.34. The van der Waals surface area contributed by atoms with Gasteiger partial charge in [0.2, 0.25) is 11.9 Å². The summed E-state index contributed by atoms with van der Waals surface area (Å²) in [6.45, 7) is 3.87. The van der Waals surface area contributed by atoms with E-state index in [1.54, 1.807) is 30.9 Å². The number of aromatic nitrogens is 4. The first-order valence-electron chi connectivity index (χ1n) is 9.60. The number of carbonyl (C=O) groups is 2. The van der Waals surface area contributed by atoms with Crippen molar-refractivity contribution in [3.63, 3.8) is 0 Å². The lowest BCUT2D eigenvalue weighted by Crippen LogP contribution is -2.38. The van der Waals surface area contributed by atoms with Crippen LogP contribution in [0.4, 0.5) is 17.5 Å². The molecule has 162 valence electrons. The van der Waals surface area contributed by atoms with Crippen LogP contribution < -0.4 is 27.7 Å². The molecule has 2 heterocycles. The van der Waals surface area contributed by atoms with E-state index in [2.05, 4.69) is 25.6 Å². The Hall–Kier alpha value is -4.15. The van der Waals surface area contributed by atoms with Crippen molar-refractivity contribution in [1.29, 1.82) is 0 Å². The predicted molar refractivity (Wildman–Crippen MR) is 116 cm³/mol. The second-order valence-electron chi connectivity index (χ2n) is 7.37. The van der Waals surface area contributed by atoms with Gasteiger partial charge in [-0.05, 0) is 36.6 Å². The fourth-order valence-electron chi connectivity index (χ4n) is 3.01. The molecule has 0 bridgehead atoms. The molecule has 2 amide bonds. The molecule has 7 N–H and O–H groups in total. The van der Waals surface area contributed by atoms with Crippen molar-refractivity contribution >= 4 is 29.3 Å². The molecule has 0 spiro atoms. The van der Waals surface area contributed by atoms with Crippen molar-refractivity contribution in [3.05, 3.63) is 58.9 Å². The highest BCUT2D eigenvalue weighted by Gasteiger charge is 2.21. The maximum absolute atomic E-state index is 12.5. The quantitative estimate of drug-likeness (QED) is 0.342. The summed E-state index contributed by atoms with van der Waals surface area (Å²) in [4.78, 5) is 46.8. The zero-order valence-electron chi connectivity index (χ0n) is 17.1. The van der Waals surface area contributed by atoms with Crippen molar-refractivity contribution < 1.29 is 9.59 Å². The molecule has 1 aromatic carbocycles. The lowest BCUT2D eigenvalue weighted by Gasteiger charge is -2.18. The van der Waals surface area contributed by atoms with E-state index in [0.717, 1.165) is 5.69 Å². The van der Waals surface area contributed by atoms with Crippen LogP contribution in [0.15, 0.2) is 47.8 Å². The van der Waals surface area contributed by atoms with E-state index in [-0.39, 0.29) is 23.2 Å².